The molecule has 0 radical (unpaired) electrons. The van der Waals surface area contributed by atoms with E-state index in [1.165, 1.54) is 353 Å². The van der Waals surface area contributed by atoms with E-state index in [2.05, 4.69) is 55.6 Å². The minimum Gasteiger partial charge on any atom is -0.394 e. The summed E-state index contributed by atoms with van der Waals surface area (Å²) in [4.78, 5) is 13.2. The van der Waals surface area contributed by atoms with E-state index in [0.717, 1.165) is 44.9 Å². The number of ether oxygens (including phenoxy) is 2. The lowest BCUT2D eigenvalue weighted by Crippen LogP contribution is -2.60. The second-order valence-corrected chi connectivity index (χ2v) is 28.6. The number of aliphatic hydroxyl groups excluding tert-OH is 5. The molecular weight excluding hydrogens is 1140 g/mol. The van der Waals surface area contributed by atoms with Gasteiger partial charge >= 0.3 is 0 Å². The molecule has 0 aromatic rings. The number of rotatable bonds is 73. The van der Waals surface area contributed by atoms with Gasteiger partial charge in [-0.25, -0.2) is 0 Å². The second-order valence-electron chi connectivity index (χ2n) is 28.6. The number of carbonyl (C=O) groups excluding carboxylic acids is 1. The first kappa shape index (κ1) is 88.2. The summed E-state index contributed by atoms with van der Waals surface area (Å²) in [6, 6.07) is -0.823. The van der Waals surface area contributed by atoms with Crippen molar-refractivity contribution in [1.29, 1.82) is 0 Å². The maximum Gasteiger partial charge on any atom is 0.220 e. The van der Waals surface area contributed by atoms with E-state index in [1.54, 1.807) is 6.08 Å². The van der Waals surface area contributed by atoms with Gasteiger partial charge in [0.2, 0.25) is 5.91 Å². The molecule has 1 saturated heterocycles. The largest absolute Gasteiger partial charge is 0.394 e. The van der Waals surface area contributed by atoms with Gasteiger partial charge in [-0.2, -0.15) is 0 Å². The highest BCUT2D eigenvalue weighted by Crippen LogP contribution is 2.24. The van der Waals surface area contributed by atoms with Gasteiger partial charge in [0, 0.05) is 6.42 Å². The highest BCUT2D eigenvalue weighted by Gasteiger charge is 2.44. The molecule has 0 aromatic carbocycles. The van der Waals surface area contributed by atoms with E-state index >= 15 is 0 Å². The Balaban J connectivity index is 2.07. The number of allylic oxidation sites excluding steroid dienone is 7. The highest BCUT2D eigenvalue weighted by molar-refractivity contribution is 5.76. The average molecular weight is 1300 g/mol. The Labute approximate surface area is 571 Å². The van der Waals surface area contributed by atoms with Gasteiger partial charge in [0.05, 0.1) is 25.4 Å². The summed E-state index contributed by atoms with van der Waals surface area (Å²) in [5.74, 6) is -0.178. The van der Waals surface area contributed by atoms with E-state index < -0.39 is 49.5 Å². The van der Waals surface area contributed by atoms with Crippen LogP contribution in [0.25, 0.3) is 0 Å². The normalized spacial score (nSPS) is 17.8. The summed E-state index contributed by atoms with van der Waals surface area (Å²) in [6.45, 7) is 3.82. The molecule has 1 aliphatic rings. The maximum absolute atomic E-state index is 13.2. The fourth-order valence-corrected chi connectivity index (χ4v) is 13.3. The number of unbranched alkanes of at least 4 members (excludes halogenated alkanes) is 57. The van der Waals surface area contributed by atoms with E-state index in [1.807, 2.05) is 6.08 Å². The summed E-state index contributed by atoms with van der Waals surface area (Å²) in [5, 5.41) is 54.9. The lowest BCUT2D eigenvalue weighted by molar-refractivity contribution is -0.302. The zero-order valence-electron chi connectivity index (χ0n) is 61.1. The van der Waals surface area contributed by atoms with Crippen LogP contribution in [0.3, 0.4) is 0 Å². The maximum atomic E-state index is 13.2. The topological polar surface area (TPSA) is 149 Å². The van der Waals surface area contributed by atoms with Crippen molar-refractivity contribution in [3.63, 3.8) is 0 Å². The van der Waals surface area contributed by atoms with Gasteiger partial charge < -0.3 is 40.3 Å². The molecular formula is C83H157NO8. The van der Waals surface area contributed by atoms with Gasteiger partial charge in [0.15, 0.2) is 6.29 Å². The fourth-order valence-electron chi connectivity index (χ4n) is 13.3. The summed E-state index contributed by atoms with van der Waals surface area (Å²) in [7, 11) is 0. The van der Waals surface area contributed by atoms with Gasteiger partial charge in [0.25, 0.3) is 0 Å². The molecule has 1 heterocycles. The lowest BCUT2D eigenvalue weighted by Gasteiger charge is -2.40. The minimum atomic E-state index is -1.57. The summed E-state index contributed by atoms with van der Waals surface area (Å²) < 4.78 is 11.3. The van der Waals surface area contributed by atoms with E-state index in [9.17, 15) is 30.3 Å². The smallest absolute Gasteiger partial charge is 0.220 e. The van der Waals surface area contributed by atoms with Gasteiger partial charge in [-0.3, -0.25) is 4.79 Å². The molecule has 1 amide bonds. The molecule has 7 unspecified atom stereocenters. The second kappa shape index (κ2) is 71.9. The van der Waals surface area contributed by atoms with Crippen LogP contribution in [-0.2, 0) is 14.3 Å². The summed E-state index contributed by atoms with van der Waals surface area (Å²) in [5.41, 5.74) is 0. The van der Waals surface area contributed by atoms with Gasteiger partial charge in [-0.1, -0.05) is 396 Å². The summed E-state index contributed by atoms with van der Waals surface area (Å²) in [6.07, 6.45) is 92.8. The molecule has 92 heavy (non-hydrogen) atoms. The van der Waals surface area contributed by atoms with E-state index in [4.69, 9.17) is 9.47 Å². The van der Waals surface area contributed by atoms with E-state index in [-0.39, 0.29) is 12.5 Å². The first-order valence-corrected chi connectivity index (χ1v) is 40.9. The number of nitrogens with one attached hydrogen (secondary N) is 1. The lowest BCUT2D eigenvalue weighted by atomic mass is 9.99. The molecule has 0 aliphatic carbocycles. The van der Waals surface area contributed by atoms with Crippen LogP contribution in [0.1, 0.15) is 418 Å². The van der Waals surface area contributed by atoms with Gasteiger partial charge in [-0.05, 0) is 64.2 Å². The third-order valence-electron chi connectivity index (χ3n) is 19.6. The molecule has 542 valence electrons. The number of hydrogen-bond acceptors (Lipinski definition) is 8. The molecule has 0 bridgehead atoms. The predicted octanol–water partition coefficient (Wildman–Crippen LogP) is 23.5. The highest BCUT2D eigenvalue weighted by atomic mass is 16.7. The third-order valence-corrected chi connectivity index (χ3v) is 19.6. The third kappa shape index (κ3) is 59.4. The Morgan fingerprint density at radius 2 is 0.652 bits per heavy atom. The SMILES string of the molecule is CCCCCCC/C=C\C/C=C\CCCCCCCCCCCCCCCCCCCCCCCCCCCC(=O)NC(COC1OC(CO)C(O)C(O)C1O)C(O)/C=C/CC/C=C/CCCCCCCCCCCCCCCCCCCCCCCCCCCC. The molecule has 7 atom stereocenters. The van der Waals surface area contributed by atoms with Crippen molar-refractivity contribution in [2.75, 3.05) is 13.2 Å². The van der Waals surface area contributed by atoms with Crippen molar-refractivity contribution < 1.29 is 39.8 Å². The zero-order valence-corrected chi connectivity index (χ0v) is 61.1. The Kier molecular flexibility index (Phi) is 68.9. The number of aliphatic hydroxyl groups is 5. The molecule has 9 heteroatoms. The first-order valence-electron chi connectivity index (χ1n) is 40.9. The monoisotopic (exact) mass is 1300 g/mol. The van der Waals surface area contributed by atoms with Crippen LogP contribution in [-0.4, -0.2) is 87.5 Å². The Morgan fingerprint density at radius 1 is 0.370 bits per heavy atom. The minimum absolute atomic E-state index is 0.178. The van der Waals surface area contributed by atoms with Crippen LogP contribution in [0.4, 0.5) is 0 Å². The van der Waals surface area contributed by atoms with Crippen molar-refractivity contribution in [3.8, 4) is 0 Å². The van der Waals surface area contributed by atoms with Gasteiger partial charge in [0.1, 0.15) is 24.4 Å². The van der Waals surface area contributed by atoms with Crippen LogP contribution < -0.4 is 5.32 Å². The van der Waals surface area contributed by atoms with E-state index in [0.29, 0.717) is 6.42 Å². The van der Waals surface area contributed by atoms with Crippen LogP contribution >= 0.6 is 0 Å². The average Bonchev–Trinajstić information content (AvgIpc) is 1.00. The van der Waals surface area contributed by atoms with Crippen LogP contribution in [0.2, 0.25) is 0 Å². The van der Waals surface area contributed by atoms with Crippen molar-refractivity contribution in [2.45, 2.75) is 461 Å². The van der Waals surface area contributed by atoms with Crippen molar-refractivity contribution in [2.24, 2.45) is 0 Å². The fraction of sp³-hybridized carbons (Fsp3) is 0.892. The Hall–Kier alpha value is -1.85. The molecule has 6 N–H and O–H groups in total. The Bertz CT molecular complexity index is 1600. The molecule has 0 spiro atoms. The molecule has 1 fully saturated rings. The zero-order chi connectivity index (χ0) is 66.4. The molecule has 0 saturated carbocycles. The van der Waals surface area contributed by atoms with Crippen molar-refractivity contribution in [1.82, 2.24) is 5.32 Å². The van der Waals surface area contributed by atoms with Crippen LogP contribution in [0, 0.1) is 0 Å². The van der Waals surface area contributed by atoms with Crippen molar-refractivity contribution >= 4 is 5.91 Å². The number of carbonyl (C=O) groups is 1. The standard InChI is InChI=1S/C83H157NO8/c1-3-5-7-9-11-13-15-17-19-21-23-25-27-29-31-33-35-37-38-39-40-41-43-45-47-49-51-53-55-57-59-61-63-65-67-69-71-73-79(87)84-76(75-91-83-82(90)81(89)80(88)78(74-85)92-83)77(86)72-70-68-66-64-62-60-58-56-54-52-50-48-46-44-42-36-34-32-30-28-26-24-22-20-18-16-14-12-10-8-6-4-2/h15,17,21,23,62,64,70,72,76-78,80-83,85-86,88-90H,3-14,16,18-20,22,24-61,63,65-69,71,73-75H2,1-2H3,(H,84,87)/b17-15-,23-21-,64-62+,72-70+. The van der Waals surface area contributed by atoms with Gasteiger partial charge in [-0.15, -0.1) is 0 Å². The molecule has 1 rings (SSSR count). The number of amides is 1. The van der Waals surface area contributed by atoms with Crippen LogP contribution in [0.5, 0.6) is 0 Å². The quantitative estimate of drug-likeness (QED) is 0.0261. The summed E-state index contributed by atoms with van der Waals surface area (Å²) >= 11 is 0. The van der Waals surface area contributed by atoms with Crippen LogP contribution in [0.15, 0.2) is 48.6 Å². The molecule has 1 aliphatic heterocycles. The Morgan fingerprint density at radius 3 is 0.978 bits per heavy atom. The van der Waals surface area contributed by atoms with Crippen molar-refractivity contribution in [3.05, 3.63) is 48.6 Å². The number of hydrogen-bond donors (Lipinski definition) is 6. The predicted molar refractivity (Wildman–Crippen MR) is 396 cm³/mol. The first-order chi connectivity index (χ1) is 45.3. The molecule has 9 nitrogen and oxygen atoms in total. The molecule has 0 aromatic heterocycles.